The predicted molar refractivity (Wildman–Crippen MR) is 79.5 cm³/mol. The topological polar surface area (TPSA) is 75.4 Å². The van der Waals surface area contributed by atoms with Gasteiger partial charge in [0.05, 0.1) is 0 Å². The first-order valence-corrected chi connectivity index (χ1v) is 7.74. The number of hydrogen-bond donors (Lipinski definition) is 2. The molecule has 2 amide bonds. The molecule has 2 atom stereocenters. The van der Waals surface area contributed by atoms with E-state index in [1.165, 1.54) is 0 Å². The zero-order valence-electron chi connectivity index (χ0n) is 11.0. The number of primary amides is 1. The van der Waals surface area contributed by atoms with Gasteiger partial charge < -0.3 is 16.0 Å². The standard InChI is InChI=1S/C12H21N3O2S.ClH/c13-12(17)10-3-1-2-5-15(10)11(16)7-9-8-18-6-4-14-9;/h9-10,14H,1-8H2,(H2,13,17);1H. The quantitative estimate of drug-likeness (QED) is 0.790. The van der Waals surface area contributed by atoms with Crippen LogP contribution in [0.15, 0.2) is 0 Å². The van der Waals surface area contributed by atoms with E-state index < -0.39 is 0 Å². The first-order chi connectivity index (χ1) is 8.68. The van der Waals surface area contributed by atoms with Crippen LogP contribution in [0.3, 0.4) is 0 Å². The Kier molecular flexibility index (Phi) is 6.96. The normalized spacial score (nSPS) is 27.5. The Labute approximate surface area is 124 Å². The fraction of sp³-hybridized carbons (Fsp3) is 0.833. The van der Waals surface area contributed by atoms with Crippen LogP contribution in [0.1, 0.15) is 25.7 Å². The van der Waals surface area contributed by atoms with Gasteiger partial charge in [0, 0.05) is 37.1 Å². The molecular formula is C12H22ClN3O2S. The van der Waals surface area contributed by atoms with E-state index in [9.17, 15) is 9.59 Å². The molecule has 0 aromatic heterocycles. The van der Waals surface area contributed by atoms with E-state index >= 15 is 0 Å². The average molecular weight is 308 g/mol. The van der Waals surface area contributed by atoms with Gasteiger partial charge in [0.25, 0.3) is 0 Å². The molecular weight excluding hydrogens is 286 g/mol. The average Bonchev–Trinajstić information content (AvgIpc) is 2.40. The number of halogens is 1. The fourth-order valence-corrected chi connectivity index (χ4v) is 3.55. The van der Waals surface area contributed by atoms with Crippen molar-refractivity contribution in [3.05, 3.63) is 0 Å². The van der Waals surface area contributed by atoms with Gasteiger partial charge in [-0.25, -0.2) is 0 Å². The van der Waals surface area contributed by atoms with E-state index in [2.05, 4.69) is 5.32 Å². The van der Waals surface area contributed by atoms with E-state index in [-0.39, 0.29) is 36.3 Å². The fourth-order valence-electron chi connectivity index (χ4n) is 2.60. The van der Waals surface area contributed by atoms with Crippen LogP contribution in [0.25, 0.3) is 0 Å². The van der Waals surface area contributed by atoms with Crippen LogP contribution in [-0.2, 0) is 9.59 Å². The molecule has 3 N–H and O–H groups in total. The molecule has 2 fully saturated rings. The largest absolute Gasteiger partial charge is 0.368 e. The van der Waals surface area contributed by atoms with Crippen molar-refractivity contribution < 1.29 is 9.59 Å². The Morgan fingerprint density at radius 3 is 2.79 bits per heavy atom. The van der Waals surface area contributed by atoms with Crippen molar-refractivity contribution in [2.75, 3.05) is 24.6 Å². The Morgan fingerprint density at radius 1 is 1.37 bits per heavy atom. The molecule has 2 aliphatic heterocycles. The molecule has 0 aromatic rings. The van der Waals surface area contributed by atoms with Gasteiger partial charge in [0.1, 0.15) is 6.04 Å². The lowest BCUT2D eigenvalue weighted by molar-refractivity contribution is -0.141. The molecule has 0 aromatic carbocycles. The molecule has 0 bridgehead atoms. The van der Waals surface area contributed by atoms with Crippen LogP contribution < -0.4 is 11.1 Å². The summed E-state index contributed by atoms with van der Waals surface area (Å²) >= 11 is 1.87. The van der Waals surface area contributed by atoms with Crippen molar-refractivity contribution >= 4 is 36.0 Å². The molecule has 110 valence electrons. The summed E-state index contributed by atoms with van der Waals surface area (Å²) in [4.78, 5) is 25.3. The van der Waals surface area contributed by atoms with Crippen LogP contribution in [-0.4, -0.2) is 53.4 Å². The van der Waals surface area contributed by atoms with Gasteiger partial charge in [-0.2, -0.15) is 11.8 Å². The minimum Gasteiger partial charge on any atom is -0.368 e. The summed E-state index contributed by atoms with van der Waals surface area (Å²) in [5, 5.41) is 3.35. The first-order valence-electron chi connectivity index (χ1n) is 6.58. The first kappa shape index (κ1) is 16.6. The van der Waals surface area contributed by atoms with Crippen LogP contribution in [0, 0.1) is 0 Å². The Balaban J connectivity index is 0.00000180. The molecule has 7 heteroatoms. The van der Waals surface area contributed by atoms with Gasteiger partial charge in [-0.1, -0.05) is 0 Å². The minimum absolute atomic E-state index is 0. The molecule has 5 nitrogen and oxygen atoms in total. The lowest BCUT2D eigenvalue weighted by Crippen LogP contribution is -2.52. The third kappa shape index (κ3) is 4.54. The van der Waals surface area contributed by atoms with Crippen molar-refractivity contribution in [2.24, 2.45) is 5.73 Å². The summed E-state index contributed by atoms with van der Waals surface area (Å²) in [6, 6.07) is -0.144. The summed E-state index contributed by atoms with van der Waals surface area (Å²) in [5.74, 6) is 1.78. The van der Waals surface area contributed by atoms with E-state index in [1.807, 2.05) is 11.8 Å². The van der Waals surface area contributed by atoms with Gasteiger partial charge in [-0.3, -0.25) is 9.59 Å². The molecule has 0 aliphatic carbocycles. The number of carbonyl (C=O) groups excluding carboxylic acids is 2. The number of piperidine rings is 1. The number of nitrogens with zero attached hydrogens (tertiary/aromatic N) is 1. The molecule has 2 rings (SSSR count). The van der Waals surface area contributed by atoms with Gasteiger partial charge in [-0.15, -0.1) is 12.4 Å². The molecule has 0 saturated carbocycles. The van der Waals surface area contributed by atoms with Gasteiger partial charge in [0.2, 0.25) is 11.8 Å². The van der Waals surface area contributed by atoms with Crippen molar-refractivity contribution in [3.63, 3.8) is 0 Å². The summed E-state index contributed by atoms with van der Waals surface area (Å²) in [6.07, 6.45) is 3.15. The molecule has 0 spiro atoms. The zero-order valence-corrected chi connectivity index (χ0v) is 12.6. The van der Waals surface area contributed by atoms with Crippen LogP contribution in [0.5, 0.6) is 0 Å². The molecule has 2 aliphatic rings. The number of hydrogen-bond acceptors (Lipinski definition) is 4. The van der Waals surface area contributed by atoms with Crippen LogP contribution in [0.2, 0.25) is 0 Å². The highest BCUT2D eigenvalue weighted by Gasteiger charge is 2.31. The Morgan fingerprint density at radius 2 is 2.16 bits per heavy atom. The highest BCUT2D eigenvalue weighted by Crippen LogP contribution is 2.19. The third-order valence-corrected chi connectivity index (χ3v) is 4.70. The number of nitrogens with two attached hydrogens (primary N) is 1. The number of carbonyl (C=O) groups is 2. The van der Waals surface area contributed by atoms with E-state index in [0.717, 1.165) is 30.9 Å². The van der Waals surface area contributed by atoms with E-state index in [4.69, 9.17) is 5.73 Å². The van der Waals surface area contributed by atoms with Gasteiger partial charge in [-0.05, 0) is 19.3 Å². The third-order valence-electron chi connectivity index (χ3n) is 3.57. The van der Waals surface area contributed by atoms with E-state index in [0.29, 0.717) is 19.4 Å². The van der Waals surface area contributed by atoms with Crippen molar-refractivity contribution in [2.45, 2.75) is 37.8 Å². The van der Waals surface area contributed by atoms with Gasteiger partial charge in [0.15, 0.2) is 0 Å². The Bertz CT molecular complexity index is 324. The molecule has 2 heterocycles. The van der Waals surface area contributed by atoms with Crippen LogP contribution >= 0.6 is 24.2 Å². The maximum absolute atomic E-state index is 12.3. The monoisotopic (exact) mass is 307 g/mol. The lowest BCUT2D eigenvalue weighted by Gasteiger charge is -2.35. The molecule has 19 heavy (non-hydrogen) atoms. The number of rotatable bonds is 3. The lowest BCUT2D eigenvalue weighted by atomic mass is 10.0. The highest BCUT2D eigenvalue weighted by atomic mass is 35.5. The molecule has 2 saturated heterocycles. The zero-order chi connectivity index (χ0) is 13.0. The molecule has 2 unspecified atom stereocenters. The number of nitrogens with one attached hydrogen (secondary N) is 1. The second-order valence-electron chi connectivity index (χ2n) is 4.93. The summed E-state index contributed by atoms with van der Waals surface area (Å²) in [7, 11) is 0. The van der Waals surface area contributed by atoms with Crippen molar-refractivity contribution in [1.82, 2.24) is 10.2 Å². The van der Waals surface area contributed by atoms with Gasteiger partial charge >= 0.3 is 0 Å². The maximum atomic E-state index is 12.3. The second-order valence-corrected chi connectivity index (χ2v) is 6.08. The number of amides is 2. The SMILES string of the molecule is Cl.NC(=O)C1CCCCN1C(=O)CC1CSCCN1. The maximum Gasteiger partial charge on any atom is 0.240 e. The predicted octanol–water partition coefficient (Wildman–Crippen LogP) is 0.370. The minimum atomic E-state index is -0.387. The van der Waals surface area contributed by atoms with E-state index in [1.54, 1.807) is 4.90 Å². The van der Waals surface area contributed by atoms with Crippen molar-refractivity contribution in [1.29, 1.82) is 0 Å². The van der Waals surface area contributed by atoms with Crippen molar-refractivity contribution in [3.8, 4) is 0 Å². The second kappa shape index (κ2) is 7.97. The smallest absolute Gasteiger partial charge is 0.240 e. The highest BCUT2D eigenvalue weighted by molar-refractivity contribution is 7.99. The summed E-state index contributed by atoms with van der Waals surface area (Å²) in [5.41, 5.74) is 5.38. The number of thioether (sulfide) groups is 1. The number of likely N-dealkylation sites (tertiary alicyclic amines) is 1. The summed E-state index contributed by atoms with van der Waals surface area (Å²) < 4.78 is 0. The Hall–Kier alpha value is -0.460. The summed E-state index contributed by atoms with van der Waals surface area (Å²) in [6.45, 7) is 1.63. The molecule has 0 radical (unpaired) electrons. The van der Waals surface area contributed by atoms with Crippen LogP contribution in [0.4, 0.5) is 0 Å².